The molecule has 2 heteroatoms. The van der Waals surface area contributed by atoms with Crippen molar-refractivity contribution in [2.45, 2.75) is 12.8 Å². The summed E-state index contributed by atoms with van der Waals surface area (Å²) in [6.07, 6.45) is 2.45. The molecule has 4 saturated carbocycles. The van der Waals surface area contributed by atoms with E-state index in [0.717, 1.165) is 30.1 Å². The maximum atomic E-state index is 9.33. The minimum Gasteiger partial charge on any atom is -0.396 e. The van der Waals surface area contributed by atoms with Gasteiger partial charge in [0.2, 0.25) is 0 Å². The Kier molecular flexibility index (Phi) is 0.734. The highest BCUT2D eigenvalue weighted by Gasteiger charge is 2.91. The van der Waals surface area contributed by atoms with Crippen LogP contribution in [0.4, 0.5) is 0 Å². The first-order chi connectivity index (χ1) is 5.80. The molecular formula is C10H14O2. The van der Waals surface area contributed by atoms with Crippen molar-refractivity contribution in [2.75, 3.05) is 13.2 Å². The van der Waals surface area contributed by atoms with Gasteiger partial charge in [0.1, 0.15) is 0 Å². The van der Waals surface area contributed by atoms with E-state index in [-0.39, 0.29) is 0 Å². The molecule has 0 aliphatic heterocycles. The molecular weight excluding hydrogens is 152 g/mol. The molecule has 4 rings (SSSR count). The van der Waals surface area contributed by atoms with Crippen LogP contribution < -0.4 is 0 Å². The first kappa shape index (κ1) is 6.39. The van der Waals surface area contributed by atoms with Gasteiger partial charge in [0, 0.05) is 24.0 Å². The smallest absolute Gasteiger partial charge is 0.0493 e. The molecule has 0 saturated heterocycles. The highest BCUT2D eigenvalue weighted by Crippen LogP contribution is 2.94. The summed E-state index contributed by atoms with van der Waals surface area (Å²) in [6.45, 7) is 0.764. The molecule has 6 atom stereocenters. The zero-order chi connectivity index (χ0) is 8.14. The monoisotopic (exact) mass is 166 g/mol. The molecule has 0 radical (unpaired) electrons. The fourth-order valence-corrected chi connectivity index (χ4v) is 5.14. The molecule has 0 aromatic heterocycles. The lowest BCUT2D eigenvalue weighted by Gasteiger charge is -2.25. The van der Waals surface area contributed by atoms with Gasteiger partial charge in [-0.05, 0) is 36.5 Å². The van der Waals surface area contributed by atoms with E-state index >= 15 is 0 Å². The Morgan fingerprint density at radius 3 is 1.83 bits per heavy atom. The molecule has 4 aliphatic carbocycles. The molecule has 2 N–H and O–H groups in total. The van der Waals surface area contributed by atoms with Crippen molar-refractivity contribution < 1.29 is 10.2 Å². The topological polar surface area (TPSA) is 40.5 Å². The lowest BCUT2D eigenvalue weighted by atomic mass is 9.81. The number of fused-ring (bicyclic) bond motifs is 2. The highest BCUT2D eigenvalue weighted by molar-refractivity contribution is 5.38. The minimum absolute atomic E-state index is 0.308. The molecule has 0 heterocycles. The average Bonchev–Trinajstić information content (AvgIpc) is 2.83. The Hall–Kier alpha value is -0.0800. The summed E-state index contributed by atoms with van der Waals surface area (Å²) >= 11 is 0. The van der Waals surface area contributed by atoms with Crippen LogP contribution in [0.25, 0.3) is 0 Å². The average molecular weight is 166 g/mol. The van der Waals surface area contributed by atoms with Crippen LogP contribution in [0.5, 0.6) is 0 Å². The molecule has 0 spiro atoms. The third-order valence-corrected chi connectivity index (χ3v) is 5.60. The van der Waals surface area contributed by atoms with Gasteiger partial charge in [0.15, 0.2) is 0 Å². The quantitative estimate of drug-likeness (QED) is 0.617. The van der Waals surface area contributed by atoms with E-state index < -0.39 is 0 Å². The van der Waals surface area contributed by atoms with Gasteiger partial charge >= 0.3 is 0 Å². The number of hydrogen-bond acceptors (Lipinski definition) is 2. The second-order valence-electron chi connectivity index (χ2n) is 5.46. The molecule has 12 heavy (non-hydrogen) atoms. The Bertz CT molecular complexity index is 251. The fourth-order valence-electron chi connectivity index (χ4n) is 5.14. The van der Waals surface area contributed by atoms with E-state index in [4.69, 9.17) is 0 Å². The van der Waals surface area contributed by atoms with Gasteiger partial charge in [-0.25, -0.2) is 0 Å². The molecule has 66 valence electrons. The predicted molar refractivity (Wildman–Crippen MR) is 42.2 cm³/mol. The molecule has 0 aromatic rings. The third-order valence-electron chi connectivity index (χ3n) is 5.60. The first-order valence-corrected chi connectivity index (χ1v) is 5.02. The second-order valence-corrected chi connectivity index (χ2v) is 5.46. The van der Waals surface area contributed by atoms with Crippen molar-refractivity contribution in [3.05, 3.63) is 0 Å². The lowest BCUT2D eigenvalue weighted by molar-refractivity contribution is 0.103. The van der Waals surface area contributed by atoms with Gasteiger partial charge < -0.3 is 10.2 Å². The molecule has 2 nitrogen and oxygen atoms in total. The molecule has 6 unspecified atom stereocenters. The highest BCUT2D eigenvalue weighted by atomic mass is 16.3. The van der Waals surface area contributed by atoms with E-state index in [2.05, 4.69) is 0 Å². The summed E-state index contributed by atoms with van der Waals surface area (Å²) in [5, 5.41) is 18.7. The Morgan fingerprint density at radius 2 is 1.50 bits per heavy atom. The maximum Gasteiger partial charge on any atom is 0.0493 e. The molecule has 0 bridgehead atoms. The number of rotatable bonds is 2. The standard InChI is InChI=1S/C10H14O2/c11-3-9-2-10(4-12)6-1-5(9)7(9)8(6)10/h5-8,11-12H,1-4H2. The summed E-state index contributed by atoms with van der Waals surface area (Å²) in [5.74, 6) is 3.34. The summed E-state index contributed by atoms with van der Waals surface area (Å²) < 4.78 is 0. The SMILES string of the molecule is OCC12CC3(CO)C4CC1C2C43. The summed E-state index contributed by atoms with van der Waals surface area (Å²) in [6, 6.07) is 0. The Balaban J connectivity index is 1.79. The van der Waals surface area contributed by atoms with Crippen LogP contribution in [0.1, 0.15) is 12.8 Å². The first-order valence-electron chi connectivity index (χ1n) is 5.02. The van der Waals surface area contributed by atoms with Crippen LogP contribution in [0.2, 0.25) is 0 Å². The van der Waals surface area contributed by atoms with Crippen LogP contribution in [0.15, 0.2) is 0 Å². The fraction of sp³-hybridized carbons (Fsp3) is 1.00. The predicted octanol–water partition coefficient (Wildman–Crippen LogP) is 0.243. The van der Waals surface area contributed by atoms with E-state index in [1.165, 1.54) is 6.42 Å². The van der Waals surface area contributed by atoms with Crippen LogP contribution in [0, 0.1) is 34.5 Å². The third kappa shape index (κ3) is 0.344. The number of aliphatic hydroxyl groups excluding tert-OH is 2. The van der Waals surface area contributed by atoms with Gasteiger partial charge in [-0.1, -0.05) is 0 Å². The molecule has 4 fully saturated rings. The van der Waals surface area contributed by atoms with Crippen LogP contribution in [-0.4, -0.2) is 23.4 Å². The summed E-state index contributed by atoms with van der Waals surface area (Å²) in [4.78, 5) is 0. The maximum absolute atomic E-state index is 9.33. The van der Waals surface area contributed by atoms with Gasteiger partial charge in [-0.2, -0.15) is 0 Å². The van der Waals surface area contributed by atoms with E-state index in [9.17, 15) is 10.2 Å². The molecule has 0 amide bonds. The van der Waals surface area contributed by atoms with Gasteiger partial charge in [0.05, 0.1) is 0 Å². The van der Waals surface area contributed by atoms with Gasteiger partial charge in [-0.3, -0.25) is 0 Å². The zero-order valence-electron chi connectivity index (χ0n) is 7.03. The summed E-state index contributed by atoms with van der Waals surface area (Å²) in [5.41, 5.74) is 0.615. The van der Waals surface area contributed by atoms with Crippen LogP contribution in [0.3, 0.4) is 0 Å². The largest absolute Gasteiger partial charge is 0.396 e. The minimum atomic E-state index is 0.308. The van der Waals surface area contributed by atoms with Gasteiger partial charge in [-0.15, -0.1) is 0 Å². The Morgan fingerprint density at radius 1 is 1.00 bits per heavy atom. The Labute approximate surface area is 71.6 Å². The normalized spacial score (nSPS) is 74.5. The van der Waals surface area contributed by atoms with E-state index in [1.807, 2.05) is 0 Å². The van der Waals surface area contributed by atoms with Crippen molar-refractivity contribution in [1.29, 1.82) is 0 Å². The second kappa shape index (κ2) is 1.38. The van der Waals surface area contributed by atoms with Crippen molar-refractivity contribution in [1.82, 2.24) is 0 Å². The van der Waals surface area contributed by atoms with Crippen LogP contribution in [-0.2, 0) is 0 Å². The van der Waals surface area contributed by atoms with Crippen LogP contribution >= 0.6 is 0 Å². The van der Waals surface area contributed by atoms with Crippen molar-refractivity contribution in [2.24, 2.45) is 34.5 Å². The lowest BCUT2D eigenvalue weighted by Crippen LogP contribution is -2.24. The van der Waals surface area contributed by atoms with E-state index in [1.54, 1.807) is 0 Å². The summed E-state index contributed by atoms with van der Waals surface area (Å²) in [7, 11) is 0. The van der Waals surface area contributed by atoms with Crippen molar-refractivity contribution in [3.63, 3.8) is 0 Å². The number of hydrogen-bond donors (Lipinski definition) is 2. The van der Waals surface area contributed by atoms with Crippen molar-refractivity contribution >= 4 is 0 Å². The van der Waals surface area contributed by atoms with Gasteiger partial charge in [0.25, 0.3) is 0 Å². The number of aliphatic hydroxyl groups is 2. The zero-order valence-corrected chi connectivity index (χ0v) is 7.03. The molecule has 4 aliphatic rings. The van der Waals surface area contributed by atoms with E-state index in [0.29, 0.717) is 24.0 Å². The molecule has 0 aromatic carbocycles. The van der Waals surface area contributed by atoms with Crippen molar-refractivity contribution in [3.8, 4) is 0 Å².